The van der Waals surface area contributed by atoms with E-state index in [1.807, 2.05) is 38.1 Å². The van der Waals surface area contributed by atoms with Crippen LogP contribution in [0, 0.1) is 5.41 Å². The molecule has 0 spiro atoms. The van der Waals surface area contributed by atoms with Crippen molar-refractivity contribution in [2.24, 2.45) is 11.1 Å². The number of benzene rings is 1. The summed E-state index contributed by atoms with van der Waals surface area (Å²) in [6.07, 6.45) is 0.778. The SMILES string of the molecule is COc1ccccc1OCCC(C)(C)C(N)=S. The first-order valence-electron chi connectivity index (χ1n) is 5.53. The van der Waals surface area contributed by atoms with Gasteiger partial charge in [-0.3, -0.25) is 0 Å². The molecule has 0 aliphatic rings. The standard InChI is InChI=1S/C13H19NO2S/c1-13(2,12(14)17)8-9-16-11-7-5-4-6-10(11)15-3/h4-7H,8-9H2,1-3H3,(H2,14,17). The van der Waals surface area contributed by atoms with Crippen LogP contribution in [0.25, 0.3) is 0 Å². The topological polar surface area (TPSA) is 44.5 Å². The summed E-state index contributed by atoms with van der Waals surface area (Å²) in [5, 5.41) is 0. The zero-order valence-corrected chi connectivity index (χ0v) is 11.3. The highest BCUT2D eigenvalue weighted by Crippen LogP contribution is 2.27. The quantitative estimate of drug-likeness (QED) is 0.792. The average molecular weight is 253 g/mol. The van der Waals surface area contributed by atoms with Crippen LogP contribution in [0.5, 0.6) is 11.5 Å². The van der Waals surface area contributed by atoms with Gasteiger partial charge in [0.2, 0.25) is 0 Å². The third-order valence-corrected chi connectivity index (χ3v) is 3.27. The smallest absolute Gasteiger partial charge is 0.161 e. The van der Waals surface area contributed by atoms with E-state index >= 15 is 0 Å². The third-order valence-electron chi connectivity index (χ3n) is 2.72. The summed E-state index contributed by atoms with van der Waals surface area (Å²) < 4.78 is 10.9. The van der Waals surface area contributed by atoms with Crippen LogP contribution in [-0.2, 0) is 0 Å². The van der Waals surface area contributed by atoms with Crippen molar-refractivity contribution in [3.8, 4) is 11.5 Å². The maximum absolute atomic E-state index is 5.67. The Morgan fingerprint density at radius 2 is 1.88 bits per heavy atom. The monoisotopic (exact) mass is 253 g/mol. The molecule has 0 aromatic heterocycles. The largest absolute Gasteiger partial charge is 0.493 e. The van der Waals surface area contributed by atoms with Crippen molar-refractivity contribution < 1.29 is 9.47 Å². The second kappa shape index (κ2) is 5.87. The lowest BCUT2D eigenvalue weighted by molar-refractivity contribution is 0.257. The second-order valence-corrected chi connectivity index (χ2v) is 4.94. The van der Waals surface area contributed by atoms with Crippen LogP contribution in [-0.4, -0.2) is 18.7 Å². The Hall–Kier alpha value is -1.29. The molecule has 2 N–H and O–H groups in total. The Kier molecular flexibility index (Phi) is 4.75. The number of hydrogen-bond acceptors (Lipinski definition) is 3. The van der Waals surface area contributed by atoms with Crippen LogP contribution < -0.4 is 15.2 Å². The average Bonchev–Trinajstić information content (AvgIpc) is 2.29. The highest BCUT2D eigenvalue weighted by Gasteiger charge is 2.21. The maximum Gasteiger partial charge on any atom is 0.161 e. The van der Waals surface area contributed by atoms with Crippen molar-refractivity contribution in [1.29, 1.82) is 0 Å². The Balaban J connectivity index is 2.54. The number of ether oxygens (including phenoxy) is 2. The van der Waals surface area contributed by atoms with E-state index in [1.165, 1.54) is 0 Å². The molecule has 94 valence electrons. The Labute approximate surface area is 108 Å². The molecule has 17 heavy (non-hydrogen) atoms. The van der Waals surface area contributed by atoms with Gasteiger partial charge in [-0.1, -0.05) is 38.2 Å². The molecule has 0 aliphatic carbocycles. The van der Waals surface area contributed by atoms with E-state index in [0.717, 1.165) is 17.9 Å². The molecule has 0 heterocycles. The molecule has 0 saturated carbocycles. The normalized spacial score (nSPS) is 11.0. The molecular weight excluding hydrogens is 234 g/mol. The van der Waals surface area contributed by atoms with Crippen molar-refractivity contribution in [3.05, 3.63) is 24.3 Å². The summed E-state index contributed by atoms with van der Waals surface area (Å²) in [5.74, 6) is 1.48. The molecule has 0 aliphatic heterocycles. The maximum atomic E-state index is 5.67. The first kappa shape index (κ1) is 13.8. The number of rotatable bonds is 6. The molecule has 0 unspecified atom stereocenters. The van der Waals surface area contributed by atoms with Gasteiger partial charge in [-0.25, -0.2) is 0 Å². The zero-order valence-electron chi connectivity index (χ0n) is 10.5. The predicted octanol–water partition coefficient (Wildman–Crippen LogP) is 2.78. The Morgan fingerprint density at radius 1 is 1.29 bits per heavy atom. The molecule has 0 fully saturated rings. The fraction of sp³-hybridized carbons (Fsp3) is 0.462. The molecular formula is C13H19NO2S. The van der Waals surface area contributed by atoms with Crippen molar-refractivity contribution in [3.63, 3.8) is 0 Å². The summed E-state index contributed by atoms with van der Waals surface area (Å²) in [7, 11) is 1.63. The van der Waals surface area contributed by atoms with E-state index in [1.54, 1.807) is 7.11 Å². The van der Waals surface area contributed by atoms with Gasteiger partial charge in [0.1, 0.15) is 0 Å². The van der Waals surface area contributed by atoms with Crippen molar-refractivity contribution in [2.75, 3.05) is 13.7 Å². The molecule has 1 aromatic rings. The lowest BCUT2D eigenvalue weighted by Crippen LogP contribution is -2.31. The summed E-state index contributed by atoms with van der Waals surface area (Å²) >= 11 is 5.01. The van der Waals surface area contributed by atoms with Gasteiger partial charge in [-0.2, -0.15) is 0 Å². The van der Waals surface area contributed by atoms with Crippen molar-refractivity contribution in [1.82, 2.24) is 0 Å². The summed E-state index contributed by atoms with van der Waals surface area (Å²) in [5.41, 5.74) is 5.47. The van der Waals surface area contributed by atoms with Crippen LogP contribution in [0.1, 0.15) is 20.3 Å². The first-order valence-corrected chi connectivity index (χ1v) is 5.94. The number of hydrogen-bond donors (Lipinski definition) is 1. The van der Waals surface area contributed by atoms with Crippen LogP contribution in [0.2, 0.25) is 0 Å². The molecule has 0 bridgehead atoms. The molecule has 0 amide bonds. The van der Waals surface area contributed by atoms with Crippen LogP contribution in [0.4, 0.5) is 0 Å². The molecule has 3 nitrogen and oxygen atoms in total. The lowest BCUT2D eigenvalue weighted by Gasteiger charge is -2.23. The highest BCUT2D eigenvalue weighted by molar-refractivity contribution is 7.80. The van der Waals surface area contributed by atoms with Gasteiger partial charge in [0.05, 0.1) is 18.7 Å². The minimum atomic E-state index is -0.183. The number of thiocarbonyl (C=S) groups is 1. The number of nitrogens with two attached hydrogens (primary N) is 1. The van der Waals surface area contributed by atoms with Gasteiger partial charge in [-0.05, 0) is 18.6 Å². The van der Waals surface area contributed by atoms with Crippen LogP contribution >= 0.6 is 12.2 Å². The Morgan fingerprint density at radius 3 is 2.41 bits per heavy atom. The summed E-state index contributed by atoms with van der Waals surface area (Å²) in [6.45, 7) is 4.59. The molecule has 4 heteroatoms. The van der Waals surface area contributed by atoms with Gasteiger partial charge >= 0.3 is 0 Å². The fourth-order valence-corrected chi connectivity index (χ4v) is 1.38. The molecule has 0 atom stereocenters. The Bertz CT molecular complexity index is 391. The van der Waals surface area contributed by atoms with E-state index in [9.17, 15) is 0 Å². The van der Waals surface area contributed by atoms with Gasteiger partial charge < -0.3 is 15.2 Å². The molecule has 0 saturated heterocycles. The molecule has 1 aromatic carbocycles. The van der Waals surface area contributed by atoms with E-state index in [4.69, 9.17) is 27.4 Å². The summed E-state index contributed by atoms with van der Waals surface area (Å²) in [6, 6.07) is 7.57. The second-order valence-electron chi connectivity index (χ2n) is 4.50. The third kappa shape index (κ3) is 3.89. The van der Waals surface area contributed by atoms with E-state index in [2.05, 4.69) is 0 Å². The molecule has 0 radical (unpaired) electrons. The first-order chi connectivity index (χ1) is 7.97. The van der Waals surface area contributed by atoms with Gasteiger partial charge in [-0.15, -0.1) is 0 Å². The van der Waals surface area contributed by atoms with Gasteiger partial charge in [0.15, 0.2) is 11.5 Å². The minimum absolute atomic E-state index is 0.183. The zero-order chi connectivity index (χ0) is 12.9. The molecule has 1 rings (SSSR count). The van der Waals surface area contributed by atoms with E-state index in [-0.39, 0.29) is 5.41 Å². The number of para-hydroxylation sites is 2. The predicted molar refractivity (Wildman–Crippen MR) is 73.7 cm³/mol. The van der Waals surface area contributed by atoms with Crippen molar-refractivity contribution in [2.45, 2.75) is 20.3 Å². The van der Waals surface area contributed by atoms with E-state index in [0.29, 0.717) is 11.6 Å². The van der Waals surface area contributed by atoms with E-state index < -0.39 is 0 Å². The minimum Gasteiger partial charge on any atom is -0.493 e. The number of methoxy groups -OCH3 is 1. The lowest BCUT2D eigenvalue weighted by atomic mass is 9.90. The van der Waals surface area contributed by atoms with Crippen LogP contribution in [0.3, 0.4) is 0 Å². The van der Waals surface area contributed by atoms with Crippen LogP contribution in [0.15, 0.2) is 24.3 Å². The van der Waals surface area contributed by atoms with Crippen molar-refractivity contribution >= 4 is 17.2 Å². The fourth-order valence-electron chi connectivity index (χ4n) is 1.28. The summed E-state index contributed by atoms with van der Waals surface area (Å²) in [4.78, 5) is 0.515. The van der Waals surface area contributed by atoms with Gasteiger partial charge in [0, 0.05) is 5.41 Å². The highest BCUT2D eigenvalue weighted by atomic mass is 32.1. The van der Waals surface area contributed by atoms with Gasteiger partial charge in [0.25, 0.3) is 0 Å².